The molecule has 2 unspecified atom stereocenters. The number of nitrogens with zero attached hydrogens (tertiary/aromatic N) is 2. The van der Waals surface area contributed by atoms with Crippen LogP contribution in [-0.4, -0.2) is 38.2 Å². The van der Waals surface area contributed by atoms with Crippen molar-refractivity contribution in [3.63, 3.8) is 0 Å². The molecule has 2 aliphatic rings. The summed E-state index contributed by atoms with van der Waals surface area (Å²) in [5, 5.41) is 20.7. The Morgan fingerprint density at radius 1 is 1.00 bits per heavy atom. The van der Waals surface area contributed by atoms with Crippen LogP contribution < -0.4 is 4.74 Å². The lowest BCUT2D eigenvalue weighted by molar-refractivity contribution is 0.0754. The molecule has 32 heavy (non-hydrogen) atoms. The minimum absolute atomic E-state index is 0.0904. The van der Waals surface area contributed by atoms with Crippen LogP contribution in [0.3, 0.4) is 0 Å². The van der Waals surface area contributed by atoms with Crippen LogP contribution in [0.25, 0.3) is 5.52 Å². The molecule has 0 spiro atoms. The zero-order valence-corrected chi connectivity index (χ0v) is 19.0. The van der Waals surface area contributed by atoms with Gasteiger partial charge in [0.2, 0.25) is 0 Å². The summed E-state index contributed by atoms with van der Waals surface area (Å²) in [5.74, 6) is 2.36. The Hall–Kier alpha value is -2.08. The Labute approximate surface area is 194 Å². The smallest absolute Gasteiger partial charge is 0.135 e. The molecule has 5 nitrogen and oxygen atoms in total. The second kappa shape index (κ2) is 9.42. The summed E-state index contributed by atoms with van der Waals surface area (Å²) < 4.78 is 7.80. The number of aliphatic hydroxyl groups excluding tert-OH is 2. The van der Waals surface area contributed by atoms with E-state index in [1.54, 1.807) is 0 Å². The van der Waals surface area contributed by atoms with E-state index in [0.717, 1.165) is 42.6 Å². The zero-order valence-electron chi connectivity index (χ0n) is 18.2. The Bertz CT molecular complexity index is 1030. The topological polar surface area (TPSA) is 67.0 Å². The van der Waals surface area contributed by atoms with E-state index in [2.05, 4.69) is 33.7 Å². The quantitative estimate of drug-likeness (QED) is 0.459. The molecule has 0 radical (unpaired) electrons. The van der Waals surface area contributed by atoms with E-state index in [9.17, 15) is 10.2 Å². The molecule has 5 rings (SSSR count). The first-order chi connectivity index (χ1) is 15.7. The number of alkyl halides is 1. The van der Waals surface area contributed by atoms with Gasteiger partial charge in [0.1, 0.15) is 11.9 Å². The van der Waals surface area contributed by atoms with Gasteiger partial charge >= 0.3 is 0 Å². The molecule has 2 atom stereocenters. The van der Waals surface area contributed by atoms with Gasteiger partial charge in [0, 0.05) is 0 Å². The Kier molecular flexibility index (Phi) is 6.40. The highest BCUT2D eigenvalue weighted by Crippen LogP contribution is 2.47. The average Bonchev–Trinajstić information content (AvgIpc) is 3.58. The van der Waals surface area contributed by atoms with Crippen LogP contribution in [-0.2, 0) is 0 Å². The van der Waals surface area contributed by atoms with Gasteiger partial charge in [0.25, 0.3) is 0 Å². The maximum absolute atomic E-state index is 11.4. The molecule has 0 aliphatic heterocycles. The SMILES string of the molecule is OCC(CCl)Oc1ccc(C2CCC(C(O)c3c(C4CC4)ccc4cncn34)CC2)cc1. The Morgan fingerprint density at radius 3 is 2.38 bits per heavy atom. The predicted octanol–water partition coefficient (Wildman–Crippen LogP) is 5.20. The third-order valence-electron chi connectivity index (χ3n) is 7.20. The normalized spacial score (nSPS) is 23.2. The number of pyridine rings is 1. The van der Waals surface area contributed by atoms with Crippen molar-refractivity contribution in [2.45, 2.75) is 62.6 Å². The van der Waals surface area contributed by atoms with E-state index < -0.39 is 6.10 Å². The van der Waals surface area contributed by atoms with Gasteiger partial charge in [-0.15, -0.1) is 11.6 Å². The largest absolute Gasteiger partial charge is 0.487 e. The summed E-state index contributed by atoms with van der Waals surface area (Å²) in [4.78, 5) is 4.32. The highest BCUT2D eigenvalue weighted by atomic mass is 35.5. The summed E-state index contributed by atoms with van der Waals surface area (Å²) in [6.07, 6.45) is 9.49. The summed E-state index contributed by atoms with van der Waals surface area (Å²) in [6.45, 7) is -0.0904. The third-order valence-corrected chi connectivity index (χ3v) is 7.55. The molecule has 1 aromatic carbocycles. The molecule has 2 aromatic heterocycles. The fourth-order valence-electron chi connectivity index (χ4n) is 5.20. The summed E-state index contributed by atoms with van der Waals surface area (Å²) >= 11 is 5.80. The number of aromatic nitrogens is 2. The number of hydrogen-bond acceptors (Lipinski definition) is 4. The number of hydrogen-bond donors (Lipinski definition) is 2. The van der Waals surface area contributed by atoms with E-state index >= 15 is 0 Å². The minimum Gasteiger partial charge on any atom is -0.487 e. The number of benzene rings is 1. The van der Waals surface area contributed by atoms with Crippen LogP contribution in [0.1, 0.15) is 73.3 Å². The number of halogens is 1. The van der Waals surface area contributed by atoms with Gasteiger partial charge in [-0.05, 0) is 85.6 Å². The summed E-state index contributed by atoms with van der Waals surface area (Å²) in [6, 6.07) is 12.5. The molecule has 0 bridgehead atoms. The van der Waals surface area contributed by atoms with Gasteiger partial charge < -0.3 is 19.4 Å². The van der Waals surface area contributed by atoms with Crippen molar-refractivity contribution in [3.05, 3.63) is 65.7 Å². The van der Waals surface area contributed by atoms with Crippen molar-refractivity contribution in [3.8, 4) is 5.75 Å². The van der Waals surface area contributed by atoms with E-state index in [4.69, 9.17) is 16.3 Å². The molecule has 2 aliphatic carbocycles. The number of ether oxygens (including phenoxy) is 1. The number of rotatable bonds is 8. The van der Waals surface area contributed by atoms with Crippen LogP contribution in [0.2, 0.25) is 0 Å². The zero-order chi connectivity index (χ0) is 22.1. The van der Waals surface area contributed by atoms with Crippen molar-refractivity contribution in [2.75, 3.05) is 12.5 Å². The van der Waals surface area contributed by atoms with Gasteiger partial charge in [0.15, 0.2) is 0 Å². The standard InChI is InChI=1S/C26H31ClN2O3/c27-13-23(15-30)32-22-10-7-18(8-11-22)17-1-5-20(6-2-17)26(31)25-24(19-3-4-19)12-9-21-14-28-16-29(21)25/h7-12,14,16-17,19-20,23,26,30-31H,1-6,13,15H2. The number of aliphatic hydroxyl groups is 2. The molecule has 0 amide bonds. The summed E-state index contributed by atoms with van der Waals surface area (Å²) in [7, 11) is 0. The van der Waals surface area contributed by atoms with E-state index in [1.807, 2.05) is 24.7 Å². The fraction of sp³-hybridized carbons (Fsp3) is 0.500. The minimum atomic E-state index is -0.453. The van der Waals surface area contributed by atoms with Crippen LogP contribution in [0, 0.1) is 5.92 Å². The van der Waals surface area contributed by atoms with Crippen molar-refractivity contribution < 1.29 is 14.9 Å². The van der Waals surface area contributed by atoms with E-state index in [0.29, 0.717) is 11.8 Å². The maximum atomic E-state index is 11.4. The van der Waals surface area contributed by atoms with E-state index in [1.165, 1.54) is 24.0 Å². The molecular formula is C26H31ClN2O3. The molecule has 2 saturated carbocycles. The molecule has 2 heterocycles. The Morgan fingerprint density at radius 2 is 1.72 bits per heavy atom. The molecule has 2 N–H and O–H groups in total. The highest BCUT2D eigenvalue weighted by Gasteiger charge is 2.34. The van der Waals surface area contributed by atoms with Gasteiger partial charge in [-0.25, -0.2) is 4.98 Å². The van der Waals surface area contributed by atoms with Gasteiger partial charge in [-0.1, -0.05) is 18.2 Å². The van der Waals surface area contributed by atoms with Crippen molar-refractivity contribution in [2.24, 2.45) is 5.92 Å². The molecule has 0 saturated heterocycles. The van der Waals surface area contributed by atoms with Gasteiger partial charge in [0.05, 0.1) is 42.3 Å². The molecule has 6 heteroatoms. The lowest BCUT2D eigenvalue weighted by Crippen LogP contribution is -2.23. The second-order valence-corrected chi connectivity index (χ2v) is 9.65. The lowest BCUT2D eigenvalue weighted by Gasteiger charge is -2.33. The van der Waals surface area contributed by atoms with Crippen LogP contribution >= 0.6 is 11.6 Å². The molecule has 2 fully saturated rings. The Balaban J connectivity index is 1.26. The van der Waals surface area contributed by atoms with Crippen LogP contribution in [0.5, 0.6) is 5.75 Å². The number of imidazole rings is 1. The molecule has 170 valence electrons. The van der Waals surface area contributed by atoms with Crippen LogP contribution in [0.4, 0.5) is 0 Å². The second-order valence-electron chi connectivity index (χ2n) is 9.34. The highest BCUT2D eigenvalue weighted by molar-refractivity contribution is 6.18. The van der Waals surface area contributed by atoms with Crippen molar-refractivity contribution >= 4 is 17.1 Å². The third kappa shape index (κ3) is 4.39. The summed E-state index contributed by atoms with van der Waals surface area (Å²) in [5.41, 5.74) is 4.73. The van der Waals surface area contributed by atoms with Crippen molar-refractivity contribution in [1.29, 1.82) is 0 Å². The lowest BCUT2D eigenvalue weighted by atomic mass is 9.75. The molecular weight excluding hydrogens is 424 g/mol. The van der Waals surface area contributed by atoms with Gasteiger partial charge in [-0.2, -0.15) is 0 Å². The van der Waals surface area contributed by atoms with E-state index in [-0.39, 0.29) is 24.5 Å². The average molecular weight is 455 g/mol. The number of fused-ring (bicyclic) bond motifs is 1. The first kappa shape index (κ1) is 21.7. The maximum Gasteiger partial charge on any atom is 0.135 e. The first-order valence-electron chi connectivity index (χ1n) is 11.7. The predicted molar refractivity (Wildman–Crippen MR) is 125 cm³/mol. The molecule has 3 aromatic rings. The van der Waals surface area contributed by atoms with Crippen LogP contribution in [0.15, 0.2) is 48.9 Å². The van der Waals surface area contributed by atoms with Crippen molar-refractivity contribution in [1.82, 2.24) is 9.38 Å². The fourth-order valence-corrected chi connectivity index (χ4v) is 5.36. The monoisotopic (exact) mass is 454 g/mol. The van der Waals surface area contributed by atoms with Gasteiger partial charge in [-0.3, -0.25) is 0 Å². The first-order valence-corrected chi connectivity index (χ1v) is 12.3.